The topological polar surface area (TPSA) is 83.5 Å². The van der Waals surface area contributed by atoms with Crippen LogP contribution in [0.2, 0.25) is 0 Å². The largest absolute Gasteiger partial charge is 0.349 e. The molecule has 2 N–H and O–H groups in total. The van der Waals surface area contributed by atoms with Crippen molar-refractivity contribution in [1.29, 1.82) is 0 Å². The average Bonchev–Trinajstić information content (AvgIpc) is 2.00. The Balaban J connectivity index is 4.20. The van der Waals surface area contributed by atoms with Gasteiger partial charge < -0.3 is 5.32 Å². The van der Waals surface area contributed by atoms with E-state index in [1.54, 1.807) is 6.92 Å². The second kappa shape index (κ2) is 4.98. The first kappa shape index (κ1) is 12.1. The quantitative estimate of drug-likeness (QED) is 0.489. The Kier molecular flexibility index (Phi) is 4.64. The third-order valence-electron chi connectivity index (χ3n) is 1.44. The summed E-state index contributed by atoms with van der Waals surface area (Å²) in [5.41, 5.74) is 0. The van der Waals surface area contributed by atoms with Gasteiger partial charge in [-0.05, 0) is 12.5 Å². The lowest BCUT2D eigenvalue weighted by Crippen LogP contribution is -2.38. The lowest BCUT2D eigenvalue weighted by molar-refractivity contribution is -0.117. The second-order valence-corrected chi connectivity index (χ2v) is 4.06. The second-order valence-electron chi connectivity index (χ2n) is 2.57. The highest BCUT2D eigenvalue weighted by Gasteiger charge is 2.15. The lowest BCUT2D eigenvalue weighted by atomic mass is 10.2. The summed E-state index contributed by atoms with van der Waals surface area (Å²) in [5.74, 6) is -0.918. The zero-order valence-electron chi connectivity index (χ0n) is 7.36. The molecule has 0 unspecified atom stereocenters. The molecule has 0 fully saturated rings. The van der Waals surface area contributed by atoms with Gasteiger partial charge in [0.05, 0.1) is 5.75 Å². The van der Waals surface area contributed by atoms with Crippen molar-refractivity contribution in [2.45, 2.75) is 19.4 Å². The summed E-state index contributed by atoms with van der Waals surface area (Å²) in [4.78, 5) is 10.8. The van der Waals surface area contributed by atoms with Crippen LogP contribution in [0.4, 0.5) is 0 Å². The highest BCUT2D eigenvalue weighted by Crippen LogP contribution is 1.95. The van der Waals surface area contributed by atoms with Crippen molar-refractivity contribution in [2.24, 2.45) is 0 Å². The number of hydrogen-bond acceptors (Lipinski definition) is 3. The van der Waals surface area contributed by atoms with Crippen LogP contribution in [0, 0.1) is 0 Å². The minimum absolute atomic E-state index is 0.430. The van der Waals surface area contributed by atoms with E-state index in [9.17, 15) is 13.2 Å². The number of carbonyl (C=O) groups excluding carboxylic acids is 1. The third kappa shape index (κ3) is 6.30. The van der Waals surface area contributed by atoms with Gasteiger partial charge in [-0.1, -0.05) is 13.5 Å². The summed E-state index contributed by atoms with van der Waals surface area (Å²) in [6, 6.07) is -0.569. The van der Waals surface area contributed by atoms with Crippen molar-refractivity contribution in [3.63, 3.8) is 0 Å². The molecule has 0 aliphatic rings. The first-order valence-corrected chi connectivity index (χ1v) is 5.38. The van der Waals surface area contributed by atoms with Crippen LogP contribution in [-0.4, -0.2) is 30.7 Å². The molecule has 13 heavy (non-hydrogen) atoms. The van der Waals surface area contributed by atoms with E-state index in [0.717, 1.165) is 6.08 Å². The zero-order valence-corrected chi connectivity index (χ0v) is 8.17. The fourth-order valence-electron chi connectivity index (χ4n) is 0.776. The van der Waals surface area contributed by atoms with E-state index in [-0.39, 0.29) is 0 Å². The summed E-state index contributed by atoms with van der Waals surface area (Å²) in [5, 5.41) is 2.38. The molecule has 0 aromatic rings. The highest BCUT2D eigenvalue weighted by molar-refractivity contribution is 7.85. The number of rotatable bonds is 5. The number of amides is 1. The van der Waals surface area contributed by atoms with Crippen molar-refractivity contribution in [3.8, 4) is 0 Å². The fourth-order valence-corrected chi connectivity index (χ4v) is 1.60. The highest BCUT2D eigenvalue weighted by atomic mass is 32.2. The maximum atomic E-state index is 10.8. The molecule has 0 heterocycles. The Labute approximate surface area is 77.6 Å². The first-order valence-electron chi connectivity index (χ1n) is 3.77. The van der Waals surface area contributed by atoms with E-state index in [1.807, 2.05) is 0 Å². The molecule has 0 aliphatic heterocycles. The number of carbonyl (C=O) groups is 1. The zero-order chi connectivity index (χ0) is 10.5. The van der Waals surface area contributed by atoms with Crippen LogP contribution < -0.4 is 5.32 Å². The normalized spacial score (nSPS) is 13.4. The van der Waals surface area contributed by atoms with E-state index >= 15 is 0 Å². The van der Waals surface area contributed by atoms with Gasteiger partial charge in [-0.15, -0.1) is 0 Å². The van der Waals surface area contributed by atoms with Crippen molar-refractivity contribution >= 4 is 16.0 Å². The molecule has 0 radical (unpaired) electrons. The molecule has 0 aliphatic carbocycles. The Morgan fingerprint density at radius 3 is 2.54 bits per heavy atom. The Bertz CT molecular complexity index is 283. The first-order chi connectivity index (χ1) is 5.89. The van der Waals surface area contributed by atoms with Crippen LogP contribution in [0.25, 0.3) is 0 Å². The monoisotopic (exact) mass is 207 g/mol. The van der Waals surface area contributed by atoms with E-state index in [4.69, 9.17) is 4.55 Å². The van der Waals surface area contributed by atoms with Gasteiger partial charge in [-0.2, -0.15) is 8.42 Å². The average molecular weight is 207 g/mol. The molecule has 0 spiro atoms. The lowest BCUT2D eigenvalue weighted by Gasteiger charge is -2.13. The molecule has 5 nitrogen and oxygen atoms in total. The van der Waals surface area contributed by atoms with Gasteiger partial charge in [0.15, 0.2) is 0 Å². The van der Waals surface area contributed by atoms with Gasteiger partial charge >= 0.3 is 0 Å². The van der Waals surface area contributed by atoms with Crippen LogP contribution >= 0.6 is 0 Å². The van der Waals surface area contributed by atoms with Crippen LogP contribution in [0.5, 0.6) is 0 Å². The fraction of sp³-hybridized carbons (Fsp3) is 0.571. The number of nitrogens with one attached hydrogen (secondary N) is 1. The molecule has 76 valence electrons. The van der Waals surface area contributed by atoms with Crippen LogP contribution in [0.1, 0.15) is 13.3 Å². The summed E-state index contributed by atoms with van der Waals surface area (Å²) in [7, 11) is -4.04. The molecule has 0 aromatic carbocycles. The van der Waals surface area contributed by atoms with Crippen LogP contribution in [0.3, 0.4) is 0 Å². The minimum atomic E-state index is -4.04. The molecular formula is C7H13NO4S. The summed E-state index contributed by atoms with van der Waals surface area (Å²) in [6.07, 6.45) is 1.48. The molecule has 0 bridgehead atoms. The Morgan fingerprint density at radius 2 is 2.23 bits per heavy atom. The van der Waals surface area contributed by atoms with Crippen molar-refractivity contribution in [3.05, 3.63) is 12.7 Å². The van der Waals surface area contributed by atoms with Crippen molar-refractivity contribution in [1.82, 2.24) is 5.32 Å². The van der Waals surface area contributed by atoms with E-state index in [1.165, 1.54) is 0 Å². The van der Waals surface area contributed by atoms with Gasteiger partial charge in [-0.25, -0.2) is 0 Å². The molecular weight excluding hydrogens is 194 g/mol. The van der Waals surface area contributed by atoms with Gasteiger partial charge in [0, 0.05) is 6.04 Å². The van der Waals surface area contributed by atoms with Crippen molar-refractivity contribution in [2.75, 3.05) is 5.75 Å². The van der Waals surface area contributed by atoms with Gasteiger partial charge in [-0.3, -0.25) is 9.35 Å². The van der Waals surface area contributed by atoms with Crippen molar-refractivity contribution < 1.29 is 17.8 Å². The predicted octanol–water partition coefficient (Wildman–Crippen LogP) is -0.0450. The van der Waals surface area contributed by atoms with Gasteiger partial charge in [0.1, 0.15) is 0 Å². The molecule has 1 atom stereocenters. The maximum absolute atomic E-state index is 10.8. The summed E-state index contributed by atoms with van der Waals surface area (Å²) in [6.45, 7) is 4.93. The third-order valence-corrected chi connectivity index (χ3v) is 2.26. The molecule has 0 rings (SSSR count). The molecule has 6 heteroatoms. The Hall–Kier alpha value is -0.880. The smallest absolute Gasteiger partial charge is 0.266 e. The van der Waals surface area contributed by atoms with E-state index < -0.39 is 27.8 Å². The number of hydrogen-bond donors (Lipinski definition) is 2. The summed E-state index contributed by atoms with van der Waals surface area (Å²) >= 11 is 0. The van der Waals surface area contributed by atoms with E-state index in [0.29, 0.717) is 6.42 Å². The van der Waals surface area contributed by atoms with Crippen LogP contribution in [-0.2, 0) is 14.9 Å². The molecule has 0 aromatic heterocycles. The molecule has 0 saturated carbocycles. The predicted molar refractivity (Wildman–Crippen MR) is 48.8 cm³/mol. The summed E-state index contributed by atoms with van der Waals surface area (Å²) < 4.78 is 29.4. The SMILES string of the molecule is C=CC(=O)N[C@@H](CC)CS(=O)(=O)O. The van der Waals surface area contributed by atoms with Gasteiger partial charge in [0.2, 0.25) is 5.91 Å². The van der Waals surface area contributed by atoms with Crippen LogP contribution in [0.15, 0.2) is 12.7 Å². The Morgan fingerprint density at radius 1 is 1.69 bits per heavy atom. The molecule has 1 amide bonds. The molecule has 0 saturated heterocycles. The maximum Gasteiger partial charge on any atom is 0.266 e. The van der Waals surface area contributed by atoms with Gasteiger partial charge in [0.25, 0.3) is 10.1 Å². The standard InChI is InChI=1S/C7H13NO4S/c1-3-6(5-13(10,11)12)8-7(9)4-2/h4,6H,2-3,5H2,1H3,(H,8,9)(H,10,11,12)/t6-/m0/s1. The minimum Gasteiger partial charge on any atom is -0.349 e. The van der Waals surface area contributed by atoms with E-state index in [2.05, 4.69) is 11.9 Å².